The number of esters is 1. The minimum atomic E-state index is -4.01. The molecule has 3 rings (SSSR count). The van der Waals surface area contributed by atoms with E-state index in [1.165, 1.54) is 25.2 Å². The van der Waals surface area contributed by atoms with E-state index in [1.54, 1.807) is 35.2 Å². The molecule has 2 aromatic carbocycles. The number of rotatable bonds is 6. The maximum absolute atomic E-state index is 13.0. The summed E-state index contributed by atoms with van der Waals surface area (Å²) >= 11 is 6.13. The van der Waals surface area contributed by atoms with Crippen molar-refractivity contribution in [2.45, 2.75) is 24.2 Å². The fourth-order valence-electron chi connectivity index (χ4n) is 3.20. The van der Waals surface area contributed by atoms with Crippen molar-refractivity contribution in [1.29, 1.82) is 0 Å². The Balaban J connectivity index is 1.75. The standard InChI is InChI=1S/C21H23ClN2O5S/c1-23(17-8-4-2-5-9-17)30(27,28)19-14-16(10-11-18(19)22)21(26)29-15-20(25)24-12-6-3-7-13-24/h2,4-5,8-11,14H,3,6-7,12-13,15H2,1H3. The molecule has 0 aliphatic carbocycles. The Morgan fingerprint density at radius 1 is 1.07 bits per heavy atom. The van der Waals surface area contributed by atoms with Gasteiger partial charge in [-0.15, -0.1) is 0 Å². The zero-order chi connectivity index (χ0) is 21.7. The number of halogens is 1. The first-order valence-electron chi connectivity index (χ1n) is 9.59. The van der Waals surface area contributed by atoms with Gasteiger partial charge < -0.3 is 9.64 Å². The molecule has 1 heterocycles. The highest BCUT2D eigenvalue weighted by atomic mass is 35.5. The van der Waals surface area contributed by atoms with Crippen LogP contribution in [-0.2, 0) is 19.6 Å². The molecule has 30 heavy (non-hydrogen) atoms. The van der Waals surface area contributed by atoms with Gasteiger partial charge in [-0.3, -0.25) is 9.10 Å². The van der Waals surface area contributed by atoms with Crippen molar-refractivity contribution in [2.24, 2.45) is 0 Å². The topological polar surface area (TPSA) is 84.0 Å². The number of amides is 1. The highest BCUT2D eigenvalue weighted by Gasteiger charge is 2.26. The lowest BCUT2D eigenvalue weighted by molar-refractivity contribution is -0.135. The number of carbonyl (C=O) groups is 2. The number of nitrogens with zero attached hydrogens (tertiary/aromatic N) is 2. The molecule has 1 saturated heterocycles. The number of hydrogen-bond acceptors (Lipinski definition) is 5. The molecule has 0 radical (unpaired) electrons. The second-order valence-electron chi connectivity index (χ2n) is 6.97. The van der Waals surface area contributed by atoms with Crippen molar-refractivity contribution in [3.63, 3.8) is 0 Å². The van der Waals surface area contributed by atoms with Crippen LogP contribution in [0.1, 0.15) is 29.6 Å². The number of anilines is 1. The maximum atomic E-state index is 13.0. The van der Waals surface area contributed by atoms with Gasteiger partial charge >= 0.3 is 5.97 Å². The second kappa shape index (κ2) is 9.49. The summed E-state index contributed by atoms with van der Waals surface area (Å²) in [5, 5.41) is -0.0151. The molecule has 0 aromatic heterocycles. The predicted octanol–water partition coefficient (Wildman–Crippen LogP) is 3.33. The fourth-order valence-corrected chi connectivity index (χ4v) is 4.89. The average Bonchev–Trinajstić information content (AvgIpc) is 2.78. The molecule has 0 spiro atoms. The van der Waals surface area contributed by atoms with Gasteiger partial charge in [0.1, 0.15) is 4.90 Å². The number of para-hydroxylation sites is 1. The molecule has 160 valence electrons. The molecule has 0 bridgehead atoms. The number of likely N-dealkylation sites (tertiary alicyclic amines) is 1. The van der Waals surface area contributed by atoms with Gasteiger partial charge in [-0.2, -0.15) is 0 Å². The van der Waals surface area contributed by atoms with E-state index in [-0.39, 0.29) is 28.0 Å². The van der Waals surface area contributed by atoms with Crippen LogP contribution >= 0.6 is 11.6 Å². The SMILES string of the molecule is CN(c1ccccc1)S(=O)(=O)c1cc(C(=O)OCC(=O)N2CCCCC2)ccc1Cl. The first-order valence-corrected chi connectivity index (χ1v) is 11.4. The number of benzene rings is 2. The van der Waals surface area contributed by atoms with E-state index in [2.05, 4.69) is 0 Å². The van der Waals surface area contributed by atoms with Gasteiger partial charge in [0.15, 0.2) is 6.61 Å². The number of carbonyl (C=O) groups excluding carboxylic acids is 2. The highest BCUT2D eigenvalue weighted by molar-refractivity contribution is 7.93. The smallest absolute Gasteiger partial charge is 0.338 e. The monoisotopic (exact) mass is 450 g/mol. The van der Waals surface area contributed by atoms with Gasteiger partial charge in [0.05, 0.1) is 16.3 Å². The van der Waals surface area contributed by atoms with Crippen LogP contribution in [0.3, 0.4) is 0 Å². The largest absolute Gasteiger partial charge is 0.452 e. The zero-order valence-electron chi connectivity index (χ0n) is 16.6. The first kappa shape index (κ1) is 22.1. The van der Waals surface area contributed by atoms with Crippen LogP contribution in [0.25, 0.3) is 0 Å². The molecule has 7 nitrogen and oxygen atoms in total. The van der Waals surface area contributed by atoms with Crippen LogP contribution in [0, 0.1) is 0 Å². The molecule has 0 N–H and O–H groups in total. The van der Waals surface area contributed by atoms with Crippen LogP contribution in [0.2, 0.25) is 5.02 Å². The summed E-state index contributed by atoms with van der Waals surface area (Å²) in [4.78, 5) is 26.1. The molecule has 1 amide bonds. The number of hydrogen-bond donors (Lipinski definition) is 0. The summed E-state index contributed by atoms with van der Waals surface area (Å²) in [6, 6.07) is 12.4. The molecule has 1 aliphatic heterocycles. The number of ether oxygens (including phenoxy) is 1. The quantitative estimate of drug-likeness (QED) is 0.630. The third-order valence-electron chi connectivity index (χ3n) is 4.96. The van der Waals surface area contributed by atoms with Crippen molar-refractivity contribution in [2.75, 3.05) is 31.0 Å². The van der Waals surface area contributed by atoms with E-state index in [0.717, 1.165) is 23.6 Å². The molecule has 0 saturated carbocycles. The minimum Gasteiger partial charge on any atom is -0.452 e. The lowest BCUT2D eigenvalue weighted by Gasteiger charge is -2.26. The van der Waals surface area contributed by atoms with E-state index in [1.807, 2.05) is 0 Å². The van der Waals surface area contributed by atoms with Crippen LogP contribution in [0.5, 0.6) is 0 Å². The van der Waals surface area contributed by atoms with E-state index in [0.29, 0.717) is 18.8 Å². The Labute approximate surface area is 181 Å². The molecule has 1 fully saturated rings. The number of sulfonamides is 1. The summed E-state index contributed by atoms with van der Waals surface area (Å²) in [6.07, 6.45) is 2.96. The molecule has 0 atom stereocenters. The van der Waals surface area contributed by atoms with Crippen molar-refractivity contribution in [3.8, 4) is 0 Å². The van der Waals surface area contributed by atoms with Crippen molar-refractivity contribution >= 4 is 39.2 Å². The summed E-state index contributed by atoms with van der Waals surface area (Å²) in [5.41, 5.74) is 0.458. The fraction of sp³-hybridized carbons (Fsp3) is 0.333. The summed E-state index contributed by atoms with van der Waals surface area (Å²) in [7, 11) is -2.60. The van der Waals surface area contributed by atoms with Gasteiger partial charge in [-0.1, -0.05) is 29.8 Å². The van der Waals surface area contributed by atoms with Crippen molar-refractivity contribution < 1.29 is 22.7 Å². The highest BCUT2D eigenvalue weighted by Crippen LogP contribution is 2.28. The van der Waals surface area contributed by atoms with Crippen LogP contribution in [0.15, 0.2) is 53.4 Å². The van der Waals surface area contributed by atoms with E-state index < -0.39 is 16.0 Å². The van der Waals surface area contributed by atoms with E-state index in [4.69, 9.17) is 16.3 Å². The van der Waals surface area contributed by atoms with Crippen molar-refractivity contribution in [1.82, 2.24) is 4.90 Å². The third-order valence-corrected chi connectivity index (χ3v) is 7.23. The summed E-state index contributed by atoms with van der Waals surface area (Å²) in [5.74, 6) is -1.04. The van der Waals surface area contributed by atoms with Crippen LogP contribution < -0.4 is 4.31 Å². The van der Waals surface area contributed by atoms with E-state index >= 15 is 0 Å². The Kier molecular flexibility index (Phi) is 6.99. The van der Waals surface area contributed by atoms with Gasteiger partial charge in [0.2, 0.25) is 0 Å². The van der Waals surface area contributed by atoms with Crippen LogP contribution in [0.4, 0.5) is 5.69 Å². The average molecular weight is 451 g/mol. The van der Waals surface area contributed by atoms with Gasteiger partial charge in [-0.25, -0.2) is 13.2 Å². The molecule has 2 aromatic rings. The molecule has 1 aliphatic rings. The Morgan fingerprint density at radius 3 is 2.40 bits per heavy atom. The lowest BCUT2D eigenvalue weighted by atomic mass is 10.1. The minimum absolute atomic E-state index is 0.00545. The predicted molar refractivity (Wildman–Crippen MR) is 114 cm³/mol. The third kappa shape index (κ3) is 4.94. The van der Waals surface area contributed by atoms with Gasteiger partial charge in [0.25, 0.3) is 15.9 Å². The molecular formula is C21H23ClN2O5S. The first-order chi connectivity index (χ1) is 14.3. The van der Waals surface area contributed by atoms with Gasteiger partial charge in [-0.05, 0) is 49.6 Å². The Hall–Kier alpha value is -2.58. The van der Waals surface area contributed by atoms with E-state index in [9.17, 15) is 18.0 Å². The number of piperidine rings is 1. The second-order valence-corrected chi connectivity index (χ2v) is 9.32. The molecule has 0 unspecified atom stereocenters. The van der Waals surface area contributed by atoms with Crippen LogP contribution in [-0.4, -0.2) is 51.9 Å². The maximum Gasteiger partial charge on any atom is 0.338 e. The van der Waals surface area contributed by atoms with Gasteiger partial charge in [0, 0.05) is 20.1 Å². The zero-order valence-corrected chi connectivity index (χ0v) is 18.2. The lowest BCUT2D eigenvalue weighted by Crippen LogP contribution is -2.38. The molecular weight excluding hydrogens is 428 g/mol. The summed E-state index contributed by atoms with van der Waals surface area (Å²) in [6.45, 7) is 0.935. The Morgan fingerprint density at radius 2 is 1.73 bits per heavy atom. The normalized spacial score (nSPS) is 14.3. The Bertz CT molecular complexity index is 1020. The summed E-state index contributed by atoms with van der Waals surface area (Å²) < 4.78 is 32.3. The molecule has 9 heteroatoms. The van der Waals surface area contributed by atoms with Crippen molar-refractivity contribution in [3.05, 3.63) is 59.1 Å².